The SMILES string of the molecule is CCCCCCCCCCCCC(CCCCCCCCCCCC)COC(=O)CC1CCC(OC(=O)CCCN(C)C)C1C. The summed E-state index contributed by atoms with van der Waals surface area (Å²) in [6.45, 7) is 8.18. The molecule has 3 atom stereocenters. The molecule has 0 aromatic carbocycles. The van der Waals surface area contributed by atoms with E-state index in [1.54, 1.807) is 0 Å². The Hall–Kier alpha value is -1.10. The van der Waals surface area contributed by atoms with Crippen molar-refractivity contribution in [2.75, 3.05) is 27.2 Å². The minimum atomic E-state index is -0.0984. The van der Waals surface area contributed by atoms with Gasteiger partial charge in [-0.3, -0.25) is 9.59 Å². The molecular weight excluding hydrogens is 558 g/mol. The fourth-order valence-electron chi connectivity index (χ4n) is 7.06. The summed E-state index contributed by atoms with van der Waals surface area (Å²) in [7, 11) is 4.04. The summed E-state index contributed by atoms with van der Waals surface area (Å²) in [6.07, 6.45) is 33.1. The lowest BCUT2D eigenvalue weighted by Crippen LogP contribution is -2.25. The van der Waals surface area contributed by atoms with E-state index in [1.807, 2.05) is 14.1 Å². The molecule has 45 heavy (non-hydrogen) atoms. The number of hydrogen-bond acceptors (Lipinski definition) is 5. The van der Waals surface area contributed by atoms with Gasteiger partial charge in [0.2, 0.25) is 0 Å². The summed E-state index contributed by atoms with van der Waals surface area (Å²) < 4.78 is 11.7. The lowest BCUT2D eigenvalue weighted by Gasteiger charge is -2.22. The minimum absolute atomic E-state index is 0.0547. The molecule has 1 aliphatic rings. The van der Waals surface area contributed by atoms with E-state index in [9.17, 15) is 9.59 Å². The summed E-state index contributed by atoms with van der Waals surface area (Å²) in [4.78, 5) is 27.3. The van der Waals surface area contributed by atoms with Crippen LogP contribution < -0.4 is 0 Å². The molecule has 5 nitrogen and oxygen atoms in total. The van der Waals surface area contributed by atoms with Gasteiger partial charge < -0.3 is 14.4 Å². The molecule has 0 aromatic heterocycles. The largest absolute Gasteiger partial charge is 0.465 e. The van der Waals surface area contributed by atoms with Gasteiger partial charge in [-0.05, 0) is 70.5 Å². The Morgan fingerprint density at radius 2 is 1.11 bits per heavy atom. The third kappa shape index (κ3) is 23.8. The van der Waals surface area contributed by atoms with Crippen LogP contribution in [0, 0.1) is 17.8 Å². The molecule has 0 spiro atoms. The molecular formula is C40H77NO4. The van der Waals surface area contributed by atoms with Crippen molar-refractivity contribution < 1.29 is 19.1 Å². The highest BCUT2D eigenvalue weighted by molar-refractivity contribution is 5.70. The van der Waals surface area contributed by atoms with Crippen molar-refractivity contribution in [2.24, 2.45) is 17.8 Å². The fraction of sp³-hybridized carbons (Fsp3) is 0.950. The van der Waals surface area contributed by atoms with Crippen molar-refractivity contribution in [3.05, 3.63) is 0 Å². The summed E-state index contributed by atoms with van der Waals surface area (Å²) in [5.74, 6) is 0.803. The van der Waals surface area contributed by atoms with Gasteiger partial charge in [-0.15, -0.1) is 0 Å². The van der Waals surface area contributed by atoms with Crippen LogP contribution in [0.4, 0.5) is 0 Å². The molecule has 5 heteroatoms. The van der Waals surface area contributed by atoms with Gasteiger partial charge in [0.25, 0.3) is 0 Å². The van der Waals surface area contributed by atoms with Crippen LogP contribution in [0.5, 0.6) is 0 Å². The molecule has 0 saturated heterocycles. The van der Waals surface area contributed by atoms with E-state index in [4.69, 9.17) is 9.47 Å². The van der Waals surface area contributed by atoms with Gasteiger partial charge >= 0.3 is 11.9 Å². The van der Waals surface area contributed by atoms with Gasteiger partial charge in [0.05, 0.1) is 6.61 Å². The Bertz CT molecular complexity index is 672. The van der Waals surface area contributed by atoms with Gasteiger partial charge in [-0.1, -0.05) is 149 Å². The van der Waals surface area contributed by atoms with E-state index in [-0.39, 0.29) is 29.9 Å². The Balaban J connectivity index is 2.36. The number of carbonyl (C=O) groups excluding carboxylic acids is 2. The Morgan fingerprint density at radius 1 is 0.644 bits per heavy atom. The minimum Gasteiger partial charge on any atom is -0.465 e. The number of hydrogen-bond donors (Lipinski definition) is 0. The first-order chi connectivity index (χ1) is 21.9. The first-order valence-corrected chi connectivity index (χ1v) is 19.9. The van der Waals surface area contributed by atoms with Crippen molar-refractivity contribution in [1.82, 2.24) is 4.90 Å². The van der Waals surface area contributed by atoms with Gasteiger partial charge in [0, 0.05) is 12.8 Å². The second-order valence-corrected chi connectivity index (χ2v) is 14.8. The van der Waals surface area contributed by atoms with E-state index < -0.39 is 0 Å². The normalized spacial score (nSPS) is 18.2. The lowest BCUT2D eigenvalue weighted by atomic mass is 9.93. The van der Waals surface area contributed by atoms with Crippen LogP contribution in [0.1, 0.15) is 194 Å². The third-order valence-corrected chi connectivity index (χ3v) is 10.3. The summed E-state index contributed by atoms with van der Waals surface area (Å²) in [5.41, 5.74) is 0. The van der Waals surface area contributed by atoms with Crippen LogP contribution in [0.25, 0.3) is 0 Å². The summed E-state index contributed by atoms with van der Waals surface area (Å²) >= 11 is 0. The molecule has 266 valence electrons. The predicted molar refractivity (Wildman–Crippen MR) is 192 cm³/mol. The first-order valence-electron chi connectivity index (χ1n) is 19.9. The first kappa shape index (κ1) is 41.9. The summed E-state index contributed by atoms with van der Waals surface area (Å²) in [5, 5.41) is 0. The fourth-order valence-corrected chi connectivity index (χ4v) is 7.06. The molecule has 0 radical (unpaired) electrons. The molecule has 1 aliphatic carbocycles. The van der Waals surface area contributed by atoms with Crippen molar-refractivity contribution in [3.63, 3.8) is 0 Å². The van der Waals surface area contributed by atoms with Crippen molar-refractivity contribution in [2.45, 2.75) is 200 Å². The topological polar surface area (TPSA) is 55.8 Å². The number of ether oxygens (including phenoxy) is 2. The number of esters is 2. The maximum absolute atomic E-state index is 12.9. The number of nitrogens with zero attached hydrogens (tertiary/aromatic N) is 1. The second kappa shape index (κ2) is 29.1. The monoisotopic (exact) mass is 636 g/mol. The lowest BCUT2D eigenvalue weighted by molar-refractivity contribution is -0.151. The van der Waals surface area contributed by atoms with Crippen LogP contribution in [-0.4, -0.2) is 50.2 Å². The average molecular weight is 636 g/mol. The molecule has 0 heterocycles. The quantitative estimate of drug-likeness (QED) is 0.0560. The van der Waals surface area contributed by atoms with Crippen LogP contribution >= 0.6 is 0 Å². The molecule has 3 unspecified atom stereocenters. The average Bonchev–Trinajstić information content (AvgIpc) is 3.34. The Kier molecular flexibility index (Phi) is 27.1. The molecule has 0 bridgehead atoms. The zero-order chi connectivity index (χ0) is 33.0. The molecule has 0 aliphatic heterocycles. The van der Waals surface area contributed by atoms with Gasteiger partial charge in [0.1, 0.15) is 6.10 Å². The molecule has 0 N–H and O–H groups in total. The predicted octanol–water partition coefficient (Wildman–Crippen LogP) is 11.5. The van der Waals surface area contributed by atoms with E-state index in [2.05, 4.69) is 25.7 Å². The number of carbonyl (C=O) groups is 2. The molecule has 1 fully saturated rings. The van der Waals surface area contributed by atoms with Crippen LogP contribution in [0.2, 0.25) is 0 Å². The molecule has 1 rings (SSSR count). The molecule has 1 saturated carbocycles. The van der Waals surface area contributed by atoms with Gasteiger partial charge in [-0.25, -0.2) is 0 Å². The number of unbranched alkanes of at least 4 members (excludes halogenated alkanes) is 18. The highest BCUT2D eigenvalue weighted by Gasteiger charge is 2.36. The third-order valence-electron chi connectivity index (χ3n) is 10.3. The highest BCUT2D eigenvalue weighted by Crippen LogP contribution is 2.36. The zero-order valence-electron chi connectivity index (χ0n) is 30.9. The van der Waals surface area contributed by atoms with Crippen molar-refractivity contribution in [1.29, 1.82) is 0 Å². The summed E-state index contributed by atoms with van der Waals surface area (Å²) in [6, 6.07) is 0. The highest BCUT2D eigenvalue weighted by atomic mass is 16.5. The van der Waals surface area contributed by atoms with Gasteiger partial charge in [-0.2, -0.15) is 0 Å². The molecule has 0 aromatic rings. The molecule has 0 amide bonds. The smallest absolute Gasteiger partial charge is 0.306 e. The van der Waals surface area contributed by atoms with E-state index >= 15 is 0 Å². The van der Waals surface area contributed by atoms with E-state index in [1.165, 1.54) is 141 Å². The van der Waals surface area contributed by atoms with Crippen molar-refractivity contribution >= 4 is 11.9 Å². The van der Waals surface area contributed by atoms with Crippen molar-refractivity contribution in [3.8, 4) is 0 Å². The number of rotatable bonds is 31. The maximum atomic E-state index is 12.9. The van der Waals surface area contributed by atoms with Gasteiger partial charge in [0.15, 0.2) is 0 Å². The van der Waals surface area contributed by atoms with E-state index in [0.717, 1.165) is 25.8 Å². The van der Waals surface area contributed by atoms with Crippen LogP contribution in [0.15, 0.2) is 0 Å². The van der Waals surface area contributed by atoms with Crippen LogP contribution in [-0.2, 0) is 19.1 Å². The van der Waals surface area contributed by atoms with Crippen LogP contribution in [0.3, 0.4) is 0 Å². The second-order valence-electron chi connectivity index (χ2n) is 14.8. The Labute approximate surface area is 280 Å². The maximum Gasteiger partial charge on any atom is 0.306 e. The zero-order valence-corrected chi connectivity index (χ0v) is 30.9. The van der Waals surface area contributed by atoms with E-state index in [0.29, 0.717) is 25.4 Å². The Morgan fingerprint density at radius 3 is 1.58 bits per heavy atom. The standard InChI is InChI=1S/C40H77NO4/c1-6-8-10-12-14-16-18-20-22-24-27-36(28-25-23-21-19-17-15-13-11-9-7-2)34-44-40(43)33-37-30-31-38(35(37)3)45-39(42)29-26-32-41(4)5/h35-38H,6-34H2,1-5H3.